The quantitative estimate of drug-likeness (QED) is 0.859. The zero-order valence-corrected chi connectivity index (χ0v) is 12.1. The lowest BCUT2D eigenvalue weighted by Gasteiger charge is -2.22. The van der Waals surface area contributed by atoms with Crippen molar-refractivity contribution >= 4 is 11.6 Å². The Morgan fingerprint density at radius 2 is 2.16 bits per heavy atom. The maximum Gasteiger partial charge on any atom is 0.158 e. The number of anilines is 2. The van der Waals surface area contributed by atoms with E-state index in [1.54, 1.807) is 7.11 Å². The molecule has 2 atom stereocenters. The normalized spacial score (nSPS) is 23.3. The van der Waals surface area contributed by atoms with Gasteiger partial charge in [-0.3, -0.25) is 0 Å². The Labute approximate surface area is 114 Å². The van der Waals surface area contributed by atoms with Crippen LogP contribution in [-0.4, -0.2) is 55.2 Å². The summed E-state index contributed by atoms with van der Waals surface area (Å²) < 4.78 is 5.07. The molecule has 0 radical (unpaired) electrons. The van der Waals surface area contributed by atoms with Crippen molar-refractivity contribution < 1.29 is 4.74 Å². The second kappa shape index (κ2) is 5.71. The number of rotatable bonds is 4. The molecule has 1 aromatic rings. The fraction of sp³-hybridized carbons (Fsp3) is 0.692. The summed E-state index contributed by atoms with van der Waals surface area (Å²) in [5.41, 5.74) is 5.84. The molecular weight excluding hydrogens is 242 g/mol. The molecule has 2 rings (SSSR count). The predicted octanol–water partition coefficient (Wildman–Crippen LogP) is 0.592. The first-order valence-electron chi connectivity index (χ1n) is 6.55. The van der Waals surface area contributed by atoms with Crippen LogP contribution in [0.25, 0.3) is 0 Å². The smallest absolute Gasteiger partial charge is 0.158 e. The van der Waals surface area contributed by atoms with Crippen LogP contribution in [0.3, 0.4) is 0 Å². The lowest BCUT2D eigenvalue weighted by atomic mass is 10.1. The highest BCUT2D eigenvalue weighted by Crippen LogP contribution is 2.25. The molecule has 0 spiro atoms. The Morgan fingerprint density at radius 3 is 2.74 bits per heavy atom. The topological polar surface area (TPSA) is 67.5 Å². The molecule has 0 aliphatic carbocycles. The van der Waals surface area contributed by atoms with Crippen LogP contribution in [-0.2, 0) is 11.3 Å². The summed E-state index contributed by atoms with van der Waals surface area (Å²) in [6.07, 6.45) is 0. The van der Waals surface area contributed by atoms with E-state index in [0.29, 0.717) is 30.2 Å². The van der Waals surface area contributed by atoms with Crippen LogP contribution in [0, 0.1) is 5.92 Å². The Bertz CT molecular complexity index is 437. The zero-order chi connectivity index (χ0) is 14.0. The van der Waals surface area contributed by atoms with Crippen LogP contribution in [0.1, 0.15) is 12.7 Å². The van der Waals surface area contributed by atoms with E-state index in [9.17, 15) is 0 Å². The Balaban J connectivity index is 2.18. The van der Waals surface area contributed by atoms with E-state index in [2.05, 4.69) is 40.8 Å². The maximum absolute atomic E-state index is 5.84. The van der Waals surface area contributed by atoms with Crippen molar-refractivity contribution in [3.05, 3.63) is 11.9 Å². The summed E-state index contributed by atoms with van der Waals surface area (Å²) in [7, 11) is 5.87. The molecular formula is C13H23N5O. The van der Waals surface area contributed by atoms with E-state index in [-0.39, 0.29) is 0 Å². The highest BCUT2D eigenvalue weighted by Gasteiger charge is 2.31. The molecule has 1 aliphatic heterocycles. The minimum Gasteiger partial charge on any atom is -0.384 e. The molecule has 1 aliphatic rings. The van der Waals surface area contributed by atoms with Crippen molar-refractivity contribution in [1.82, 2.24) is 14.9 Å². The molecule has 1 aromatic heterocycles. The van der Waals surface area contributed by atoms with Crippen LogP contribution in [0.4, 0.5) is 11.6 Å². The molecule has 2 N–H and O–H groups in total. The van der Waals surface area contributed by atoms with Crippen LogP contribution in [0.5, 0.6) is 0 Å². The molecule has 0 amide bonds. The highest BCUT2D eigenvalue weighted by molar-refractivity contribution is 5.48. The number of hydrogen-bond donors (Lipinski definition) is 1. The summed E-state index contributed by atoms with van der Waals surface area (Å²) in [6, 6.07) is 2.38. The summed E-state index contributed by atoms with van der Waals surface area (Å²) in [6.45, 7) is 4.62. The van der Waals surface area contributed by atoms with Gasteiger partial charge in [-0.2, -0.15) is 0 Å². The number of aromatic nitrogens is 2. The molecule has 6 heteroatoms. The van der Waals surface area contributed by atoms with Crippen LogP contribution in [0.15, 0.2) is 6.07 Å². The van der Waals surface area contributed by atoms with E-state index >= 15 is 0 Å². The predicted molar refractivity (Wildman–Crippen MR) is 76.0 cm³/mol. The molecule has 106 valence electrons. The van der Waals surface area contributed by atoms with Crippen molar-refractivity contribution in [3.63, 3.8) is 0 Å². The van der Waals surface area contributed by atoms with Gasteiger partial charge in [-0.15, -0.1) is 0 Å². The fourth-order valence-corrected chi connectivity index (χ4v) is 2.67. The minimum atomic E-state index is 0.387. The summed E-state index contributed by atoms with van der Waals surface area (Å²) in [5.74, 6) is 2.64. The van der Waals surface area contributed by atoms with Gasteiger partial charge in [-0.05, 0) is 20.0 Å². The number of hydrogen-bond acceptors (Lipinski definition) is 6. The first-order chi connectivity index (χ1) is 9.01. The van der Waals surface area contributed by atoms with Gasteiger partial charge in [-0.25, -0.2) is 9.97 Å². The van der Waals surface area contributed by atoms with E-state index in [4.69, 9.17) is 10.5 Å². The summed E-state index contributed by atoms with van der Waals surface area (Å²) in [4.78, 5) is 13.2. The number of ether oxygens (including phenoxy) is 1. The molecule has 19 heavy (non-hydrogen) atoms. The van der Waals surface area contributed by atoms with E-state index < -0.39 is 0 Å². The standard InChI is InChI=1S/C13H23N5O/c1-9-6-18(7-10(9)17(2)3)13-5-11(14)15-12(16-13)8-19-4/h5,9-10H,6-8H2,1-4H3,(H2,14,15,16). The lowest BCUT2D eigenvalue weighted by molar-refractivity contribution is 0.178. The lowest BCUT2D eigenvalue weighted by Crippen LogP contribution is -2.34. The third-order valence-electron chi connectivity index (χ3n) is 3.61. The van der Waals surface area contributed by atoms with E-state index in [1.807, 2.05) is 6.07 Å². The second-order valence-corrected chi connectivity index (χ2v) is 5.41. The number of methoxy groups -OCH3 is 1. The molecule has 6 nitrogen and oxygen atoms in total. The summed E-state index contributed by atoms with van der Waals surface area (Å²) in [5, 5.41) is 0. The van der Waals surface area contributed by atoms with Crippen molar-refractivity contribution in [2.75, 3.05) is 44.9 Å². The third-order valence-corrected chi connectivity index (χ3v) is 3.61. The van der Waals surface area contributed by atoms with Gasteiger partial charge in [0.05, 0.1) is 0 Å². The average Bonchev–Trinajstić information content (AvgIpc) is 2.71. The number of nitrogen functional groups attached to an aromatic ring is 1. The molecule has 0 bridgehead atoms. The summed E-state index contributed by atoms with van der Waals surface area (Å²) >= 11 is 0. The Kier molecular flexibility index (Phi) is 4.21. The van der Waals surface area contributed by atoms with Crippen LogP contribution >= 0.6 is 0 Å². The number of nitrogens with zero attached hydrogens (tertiary/aromatic N) is 4. The maximum atomic E-state index is 5.84. The Morgan fingerprint density at radius 1 is 1.42 bits per heavy atom. The average molecular weight is 265 g/mol. The van der Waals surface area contributed by atoms with E-state index in [0.717, 1.165) is 18.9 Å². The largest absolute Gasteiger partial charge is 0.384 e. The minimum absolute atomic E-state index is 0.387. The van der Waals surface area contributed by atoms with Crippen LogP contribution < -0.4 is 10.6 Å². The van der Waals surface area contributed by atoms with Gasteiger partial charge in [-0.1, -0.05) is 6.92 Å². The molecule has 2 heterocycles. The molecule has 2 unspecified atom stereocenters. The van der Waals surface area contributed by atoms with Crippen LogP contribution in [0.2, 0.25) is 0 Å². The van der Waals surface area contributed by atoms with Crippen molar-refractivity contribution in [3.8, 4) is 0 Å². The molecule has 1 fully saturated rings. The van der Waals surface area contributed by atoms with Gasteiger partial charge in [0.15, 0.2) is 5.82 Å². The monoisotopic (exact) mass is 265 g/mol. The molecule has 0 saturated carbocycles. The zero-order valence-electron chi connectivity index (χ0n) is 12.1. The van der Waals surface area contributed by atoms with Gasteiger partial charge >= 0.3 is 0 Å². The van der Waals surface area contributed by atoms with Gasteiger partial charge in [0.1, 0.15) is 18.2 Å². The van der Waals surface area contributed by atoms with Gasteiger partial charge in [0, 0.05) is 32.3 Å². The van der Waals surface area contributed by atoms with Crippen molar-refractivity contribution in [2.45, 2.75) is 19.6 Å². The second-order valence-electron chi connectivity index (χ2n) is 5.41. The third kappa shape index (κ3) is 3.13. The van der Waals surface area contributed by atoms with Gasteiger partial charge in [0.25, 0.3) is 0 Å². The molecule has 1 saturated heterocycles. The number of nitrogens with two attached hydrogens (primary N) is 1. The van der Waals surface area contributed by atoms with Crippen molar-refractivity contribution in [1.29, 1.82) is 0 Å². The Hall–Kier alpha value is -1.40. The number of likely N-dealkylation sites (N-methyl/N-ethyl adjacent to an activating group) is 1. The fourth-order valence-electron chi connectivity index (χ4n) is 2.67. The SMILES string of the molecule is COCc1nc(N)cc(N2CC(C)C(N(C)C)C2)n1. The van der Waals surface area contributed by atoms with Crippen molar-refractivity contribution in [2.24, 2.45) is 5.92 Å². The highest BCUT2D eigenvalue weighted by atomic mass is 16.5. The van der Waals surface area contributed by atoms with Gasteiger partial charge < -0.3 is 20.3 Å². The van der Waals surface area contributed by atoms with E-state index in [1.165, 1.54) is 0 Å². The first kappa shape index (κ1) is 14.0. The molecule has 0 aromatic carbocycles. The van der Waals surface area contributed by atoms with Gasteiger partial charge in [0.2, 0.25) is 0 Å². The first-order valence-corrected chi connectivity index (χ1v) is 6.55.